The van der Waals surface area contributed by atoms with E-state index in [4.69, 9.17) is 4.42 Å². The Morgan fingerprint density at radius 1 is 0.381 bits per heavy atom. The van der Waals surface area contributed by atoms with Gasteiger partial charge in [-0.05, 0) is 63.9 Å². The molecule has 2 nitrogen and oxygen atoms in total. The van der Waals surface area contributed by atoms with Gasteiger partial charge in [-0.1, -0.05) is 121 Å². The van der Waals surface area contributed by atoms with Crippen LogP contribution in [-0.2, 0) is 0 Å². The molecule has 0 spiro atoms. The van der Waals surface area contributed by atoms with Crippen molar-refractivity contribution in [3.8, 4) is 22.3 Å². The third-order valence-corrected chi connectivity index (χ3v) is 8.06. The molecule has 8 aromatic rings. The Balaban J connectivity index is 1.42. The highest BCUT2D eigenvalue weighted by atomic mass is 16.3. The lowest BCUT2D eigenvalue weighted by Crippen LogP contribution is -2.11. The first-order valence-corrected chi connectivity index (χ1v) is 14.3. The normalized spacial score (nSPS) is 11.3. The number of fused-ring (bicyclic) bond motifs is 4. The van der Waals surface area contributed by atoms with Crippen LogP contribution >= 0.6 is 0 Å². The van der Waals surface area contributed by atoms with Gasteiger partial charge in [-0.2, -0.15) is 0 Å². The molecule has 0 amide bonds. The van der Waals surface area contributed by atoms with Crippen molar-refractivity contribution in [2.75, 3.05) is 4.90 Å². The maximum Gasteiger partial charge on any atom is 0.137 e. The second-order valence-electron chi connectivity index (χ2n) is 10.6. The number of hydrogen-bond donors (Lipinski definition) is 0. The molecule has 0 radical (unpaired) electrons. The van der Waals surface area contributed by atoms with E-state index in [1.807, 2.05) is 12.1 Å². The van der Waals surface area contributed by atoms with Gasteiger partial charge in [0.05, 0.1) is 5.69 Å². The molecule has 0 saturated heterocycles. The molecule has 0 atom stereocenters. The summed E-state index contributed by atoms with van der Waals surface area (Å²) in [5, 5.41) is 4.68. The van der Waals surface area contributed by atoms with Crippen molar-refractivity contribution in [1.29, 1.82) is 0 Å². The third kappa shape index (κ3) is 4.13. The van der Waals surface area contributed by atoms with E-state index in [0.717, 1.165) is 44.6 Å². The van der Waals surface area contributed by atoms with Crippen LogP contribution in [0.4, 0.5) is 17.1 Å². The molecule has 0 unspecified atom stereocenters. The van der Waals surface area contributed by atoms with Crippen LogP contribution < -0.4 is 4.90 Å². The van der Waals surface area contributed by atoms with Gasteiger partial charge in [0.2, 0.25) is 0 Å². The van der Waals surface area contributed by atoms with Gasteiger partial charge in [-0.3, -0.25) is 0 Å². The molecule has 1 aromatic heterocycles. The van der Waals surface area contributed by atoms with Gasteiger partial charge >= 0.3 is 0 Å². The average molecular weight is 538 g/mol. The highest BCUT2D eigenvalue weighted by molar-refractivity contribution is 6.11. The molecule has 0 saturated carbocycles. The lowest BCUT2D eigenvalue weighted by molar-refractivity contribution is 0.669. The van der Waals surface area contributed by atoms with Gasteiger partial charge in [0.15, 0.2) is 0 Å². The summed E-state index contributed by atoms with van der Waals surface area (Å²) in [6.07, 6.45) is 0. The first-order valence-electron chi connectivity index (χ1n) is 14.3. The van der Waals surface area contributed by atoms with Crippen LogP contribution in [0.5, 0.6) is 0 Å². The number of rotatable bonds is 5. The zero-order valence-electron chi connectivity index (χ0n) is 22.9. The summed E-state index contributed by atoms with van der Waals surface area (Å²) in [4.78, 5) is 2.35. The monoisotopic (exact) mass is 537 g/mol. The number of furan rings is 1. The smallest absolute Gasteiger partial charge is 0.137 e. The molecule has 0 bridgehead atoms. The van der Waals surface area contributed by atoms with E-state index in [1.54, 1.807) is 0 Å². The van der Waals surface area contributed by atoms with E-state index in [-0.39, 0.29) is 0 Å². The van der Waals surface area contributed by atoms with Crippen molar-refractivity contribution < 1.29 is 4.42 Å². The Bertz CT molecular complexity index is 2170. The highest BCUT2D eigenvalue weighted by Gasteiger charge is 2.21. The number of anilines is 3. The maximum absolute atomic E-state index is 6.44. The highest BCUT2D eigenvalue weighted by Crippen LogP contribution is 2.46. The lowest BCUT2D eigenvalue weighted by Gasteiger charge is -2.28. The van der Waals surface area contributed by atoms with Gasteiger partial charge < -0.3 is 9.32 Å². The van der Waals surface area contributed by atoms with Crippen LogP contribution in [-0.4, -0.2) is 0 Å². The number of nitrogens with zero attached hydrogens (tertiary/aromatic N) is 1. The minimum absolute atomic E-state index is 0.872. The van der Waals surface area contributed by atoms with Crippen LogP contribution in [0.1, 0.15) is 0 Å². The van der Waals surface area contributed by atoms with E-state index < -0.39 is 0 Å². The van der Waals surface area contributed by atoms with Gasteiger partial charge in [-0.15, -0.1) is 0 Å². The standard InChI is InChI=1S/C40H27NO/c1-3-12-28(13-4-1)29-22-24-32(25-23-29)41(31-16-5-2-6-17-31)38-27-40-37(35-19-9-10-21-39(35)42-40)26-36(38)34-20-11-15-30-14-7-8-18-33(30)34/h1-27H. The molecule has 0 aliphatic heterocycles. The summed E-state index contributed by atoms with van der Waals surface area (Å²) in [6, 6.07) is 58.0. The Labute approximate surface area is 244 Å². The molecule has 0 fully saturated rings. The minimum Gasteiger partial charge on any atom is -0.456 e. The van der Waals surface area contributed by atoms with E-state index in [2.05, 4.69) is 157 Å². The zero-order valence-corrected chi connectivity index (χ0v) is 22.9. The van der Waals surface area contributed by atoms with Crippen LogP contribution in [0.25, 0.3) is 55.0 Å². The fourth-order valence-corrected chi connectivity index (χ4v) is 6.06. The molecule has 1 heterocycles. The Hall–Kier alpha value is -5.60. The SMILES string of the molecule is c1ccc(-c2ccc(N(c3ccccc3)c3cc4oc5ccccc5c4cc3-c3cccc4ccccc34)cc2)cc1. The van der Waals surface area contributed by atoms with Crippen LogP contribution in [0.15, 0.2) is 168 Å². The van der Waals surface area contributed by atoms with Crippen molar-refractivity contribution in [3.05, 3.63) is 164 Å². The molecular formula is C40H27NO. The average Bonchev–Trinajstić information content (AvgIpc) is 3.43. The largest absolute Gasteiger partial charge is 0.456 e. The van der Waals surface area contributed by atoms with Gasteiger partial charge in [0.25, 0.3) is 0 Å². The summed E-state index contributed by atoms with van der Waals surface area (Å²) < 4.78 is 6.44. The van der Waals surface area contributed by atoms with Gasteiger partial charge in [-0.25, -0.2) is 0 Å². The number of hydrogen-bond acceptors (Lipinski definition) is 2. The van der Waals surface area contributed by atoms with Crippen LogP contribution in [0, 0.1) is 0 Å². The van der Waals surface area contributed by atoms with Crippen LogP contribution in [0.2, 0.25) is 0 Å². The molecule has 2 heteroatoms. The van der Waals surface area contributed by atoms with Gasteiger partial charge in [0, 0.05) is 33.8 Å². The fourth-order valence-electron chi connectivity index (χ4n) is 6.06. The molecule has 0 aliphatic carbocycles. The Morgan fingerprint density at radius 3 is 1.81 bits per heavy atom. The Morgan fingerprint density at radius 2 is 1.00 bits per heavy atom. The second-order valence-corrected chi connectivity index (χ2v) is 10.6. The molecule has 0 N–H and O–H groups in total. The lowest BCUT2D eigenvalue weighted by atomic mass is 9.94. The van der Waals surface area contributed by atoms with Crippen molar-refractivity contribution in [2.45, 2.75) is 0 Å². The quantitative estimate of drug-likeness (QED) is 0.217. The maximum atomic E-state index is 6.44. The first-order chi connectivity index (χ1) is 20.8. The minimum atomic E-state index is 0.872. The second kappa shape index (κ2) is 10.1. The molecule has 42 heavy (non-hydrogen) atoms. The number of para-hydroxylation sites is 2. The first kappa shape index (κ1) is 24.2. The van der Waals surface area contributed by atoms with Crippen molar-refractivity contribution in [2.24, 2.45) is 0 Å². The van der Waals surface area contributed by atoms with Crippen molar-refractivity contribution in [3.63, 3.8) is 0 Å². The van der Waals surface area contributed by atoms with Gasteiger partial charge in [0.1, 0.15) is 11.2 Å². The van der Waals surface area contributed by atoms with E-state index in [1.165, 1.54) is 27.5 Å². The summed E-state index contributed by atoms with van der Waals surface area (Å²) in [7, 11) is 0. The molecule has 8 rings (SSSR count). The third-order valence-electron chi connectivity index (χ3n) is 8.06. The predicted molar refractivity (Wildman–Crippen MR) is 177 cm³/mol. The van der Waals surface area contributed by atoms with Crippen LogP contribution in [0.3, 0.4) is 0 Å². The topological polar surface area (TPSA) is 16.4 Å². The molecule has 0 aliphatic rings. The van der Waals surface area contributed by atoms with E-state index in [0.29, 0.717) is 0 Å². The summed E-state index contributed by atoms with van der Waals surface area (Å²) in [6.45, 7) is 0. The number of benzene rings is 7. The zero-order chi connectivity index (χ0) is 27.9. The molecule has 7 aromatic carbocycles. The predicted octanol–water partition coefficient (Wildman–Crippen LogP) is 11.5. The Kier molecular flexibility index (Phi) is 5.82. The summed E-state index contributed by atoms with van der Waals surface area (Å²) >= 11 is 0. The fraction of sp³-hybridized carbons (Fsp3) is 0. The summed E-state index contributed by atoms with van der Waals surface area (Å²) in [5.41, 5.74) is 9.74. The molecular weight excluding hydrogens is 510 g/mol. The summed E-state index contributed by atoms with van der Waals surface area (Å²) in [5.74, 6) is 0. The van der Waals surface area contributed by atoms with Crippen molar-refractivity contribution in [1.82, 2.24) is 0 Å². The van der Waals surface area contributed by atoms with Crippen molar-refractivity contribution >= 4 is 49.8 Å². The van der Waals surface area contributed by atoms with E-state index >= 15 is 0 Å². The van der Waals surface area contributed by atoms with E-state index in [9.17, 15) is 0 Å². The molecule has 198 valence electrons.